The molecule has 1 atom stereocenters. The normalized spacial score (nSPS) is 20.3. The Kier molecular flexibility index (Phi) is 2.81. The van der Waals surface area contributed by atoms with E-state index in [0.29, 0.717) is 6.42 Å². The van der Waals surface area contributed by atoms with Crippen molar-refractivity contribution < 1.29 is 14.4 Å². The number of rotatable bonds is 2. The number of tetrazole rings is 1. The average Bonchev–Trinajstić information content (AvgIpc) is 2.80. The minimum atomic E-state index is -0.682. The van der Waals surface area contributed by atoms with Gasteiger partial charge in [-0.05, 0) is 11.6 Å². The quantitative estimate of drug-likeness (QED) is 0.579. The molecule has 0 saturated carbocycles. The molecule has 0 radical (unpaired) electrons. The van der Waals surface area contributed by atoms with Gasteiger partial charge < -0.3 is 4.90 Å². The number of aromatic nitrogens is 4. The number of hydrogen-bond acceptors (Lipinski definition) is 6. The first-order chi connectivity index (χ1) is 8.13. The van der Waals surface area contributed by atoms with E-state index in [-0.39, 0.29) is 12.4 Å². The van der Waals surface area contributed by atoms with E-state index < -0.39 is 23.8 Å². The third-order valence-corrected chi connectivity index (χ3v) is 2.44. The Balaban J connectivity index is 2.25. The van der Waals surface area contributed by atoms with Crippen molar-refractivity contribution in [2.75, 3.05) is 6.54 Å². The van der Waals surface area contributed by atoms with Gasteiger partial charge in [0.25, 0.3) is 11.7 Å². The summed E-state index contributed by atoms with van der Waals surface area (Å²) >= 11 is 0. The highest BCUT2D eigenvalue weighted by Gasteiger charge is 2.37. The fourth-order valence-electron chi connectivity index (χ4n) is 1.67. The summed E-state index contributed by atoms with van der Waals surface area (Å²) in [6.07, 6.45) is 0.405. The maximum absolute atomic E-state index is 11.9. The molecule has 9 heteroatoms. The van der Waals surface area contributed by atoms with Crippen molar-refractivity contribution in [1.29, 1.82) is 0 Å². The van der Waals surface area contributed by atoms with Crippen LogP contribution in [-0.4, -0.2) is 55.8 Å². The molecular weight excluding hydrogens is 228 g/mol. The molecule has 1 fully saturated rings. The van der Waals surface area contributed by atoms with Crippen LogP contribution in [0.2, 0.25) is 0 Å². The van der Waals surface area contributed by atoms with E-state index >= 15 is 0 Å². The minimum Gasteiger partial charge on any atom is -0.314 e. The molecule has 0 aromatic carbocycles. The Morgan fingerprint density at radius 2 is 2.29 bits per heavy atom. The molecule has 1 unspecified atom stereocenters. The summed E-state index contributed by atoms with van der Waals surface area (Å²) in [5, 5.41) is 14.6. The lowest BCUT2D eigenvalue weighted by atomic mass is 10.1. The Morgan fingerprint density at radius 3 is 2.88 bits per heavy atom. The second-order valence-corrected chi connectivity index (χ2v) is 3.50. The van der Waals surface area contributed by atoms with Crippen LogP contribution >= 0.6 is 0 Å². The highest BCUT2D eigenvalue weighted by Crippen LogP contribution is 2.11. The standard InChI is InChI=1S/C8H10N6O3/c1-2-4-7(16)9-5(15)3-14(4)8(17)6-10-12-13-11-6/h4H,2-3H2,1H3,(H,9,15,16)(H,10,11,12,13). The molecule has 1 aromatic rings. The molecule has 17 heavy (non-hydrogen) atoms. The van der Waals surface area contributed by atoms with Crippen LogP contribution < -0.4 is 5.32 Å². The summed E-state index contributed by atoms with van der Waals surface area (Å²) in [7, 11) is 0. The van der Waals surface area contributed by atoms with E-state index in [0.717, 1.165) is 4.90 Å². The van der Waals surface area contributed by atoms with Crippen molar-refractivity contribution in [3.8, 4) is 0 Å². The van der Waals surface area contributed by atoms with Crippen LogP contribution in [0.3, 0.4) is 0 Å². The number of imide groups is 1. The molecule has 1 aliphatic heterocycles. The minimum absolute atomic E-state index is 0.161. The van der Waals surface area contributed by atoms with E-state index in [4.69, 9.17) is 0 Å². The van der Waals surface area contributed by atoms with Crippen molar-refractivity contribution in [3.05, 3.63) is 5.82 Å². The van der Waals surface area contributed by atoms with Gasteiger partial charge in [-0.25, -0.2) is 0 Å². The van der Waals surface area contributed by atoms with Gasteiger partial charge in [-0.1, -0.05) is 6.92 Å². The summed E-state index contributed by atoms with van der Waals surface area (Å²) in [5.41, 5.74) is 0. The number of H-pyrrole nitrogens is 1. The zero-order valence-corrected chi connectivity index (χ0v) is 9.01. The van der Waals surface area contributed by atoms with Crippen LogP contribution in [0, 0.1) is 0 Å². The first kappa shape index (κ1) is 11.2. The van der Waals surface area contributed by atoms with E-state index in [2.05, 4.69) is 25.9 Å². The summed E-state index contributed by atoms with van der Waals surface area (Å²) in [6, 6.07) is -0.682. The Morgan fingerprint density at radius 1 is 1.53 bits per heavy atom. The number of piperazine rings is 1. The van der Waals surface area contributed by atoms with E-state index in [9.17, 15) is 14.4 Å². The maximum Gasteiger partial charge on any atom is 0.296 e. The van der Waals surface area contributed by atoms with Crippen LogP contribution in [0.5, 0.6) is 0 Å². The predicted octanol–water partition coefficient (Wildman–Crippen LogP) is -1.92. The number of carbonyl (C=O) groups excluding carboxylic acids is 3. The number of hydrogen-bond donors (Lipinski definition) is 2. The molecule has 2 heterocycles. The third kappa shape index (κ3) is 1.98. The van der Waals surface area contributed by atoms with Crippen LogP contribution in [0.25, 0.3) is 0 Å². The number of amides is 3. The topological polar surface area (TPSA) is 121 Å². The third-order valence-electron chi connectivity index (χ3n) is 2.44. The number of aromatic amines is 1. The van der Waals surface area contributed by atoms with Crippen molar-refractivity contribution in [3.63, 3.8) is 0 Å². The van der Waals surface area contributed by atoms with E-state index in [1.165, 1.54) is 0 Å². The monoisotopic (exact) mass is 238 g/mol. The first-order valence-corrected chi connectivity index (χ1v) is 5.01. The van der Waals surface area contributed by atoms with Gasteiger partial charge in [0.15, 0.2) is 0 Å². The molecule has 1 saturated heterocycles. The molecule has 90 valence electrons. The zero-order chi connectivity index (χ0) is 12.4. The summed E-state index contributed by atoms with van der Waals surface area (Å²) in [4.78, 5) is 35.8. The molecule has 9 nitrogen and oxygen atoms in total. The summed E-state index contributed by atoms with van der Waals surface area (Å²) in [6.45, 7) is 1.56. The number of carbonyl (C=O) groups is 3. The van der Waals surface area contributed by atoms with Crippen molar-refractivity contribution in [2.24, 2.45) is 0 Å². The number of nitrogens with one attached hydrogen (secondary N) is 2. The Bertz CT molecular complexity index is 456. The second-order valence-electron chi connectivity index (χ2n) is 3.50. The smallest absolute Gasteiger partial charge is 0.296 e. The highest BCUT2D eigenvalue weighted by atomic mass is 16.2. The van der Waals surface area contributed by atoms with Gasteiger partial charge in [-0.15, -0.1) is 10.2 Å². The molecule has 0 bridgehead atoms. The summed E-state index contributed by atoms with van der Waals surface area (Å²) < 4.78 is 0. The van der Waals surface area contributed by atoms with Crippen molar-refractivity contribution >= 4 is 17.7 Å². The second kappa shape index (κ2) is 4.28. The lowest BCUT2D eigenvalue weighted by molar-refractivity contribution is -0.138. The molecule has 0 aliphatic carbocycles. The van der Waals surface area contributed by atoms with Crippen molar-refractivity contribution in [1.82, 2.24) is 30.8 Å². The van der Waals surface area contributed by atoms with Gasteiger partial charge in [0.2, 0.25) is 11.8 Å². The van der Waals surface area contributed by atoms with Gasteiger partial charge in [-0.2, -0.15) is 5.21 Å². The fourth-order valence-corrected chi connectivity index (χ4v) is 1.67. The molecule has 1 aliphatic rings. The average molecular weight is 238 g/mol. The lowest BCUT2D eigenvalue weighted by Crippen LogP contribution is -2.59. The predicted molar refractivity (Wildman–Crippen MR) is 52.4 cm³/mol. The van der Waals surface area contributed by atoms with Crippen LogP contribution in [0.15, 0.2) is 0 Å². The molecule has 3 amide bonds. The highest BCUT2D eigenvalue weighted by molar-refractivity contribution is 6.06. The fraction of sp³-hybridized carbons (Fsp3) is 0.500. The van der Waals surface area contributed by atoms with Gasteiger partial charge in [0.1, 0.15) is 12.6 Å². The van der Waals surface area contributed by atoms with Gasteiger partial charge in [0, 0.05) is 0 Å². The Labute approximate surface area is 95.5 Å². The maximum atomic E-state index is 11.9. The summed E-state index contributed by atoms with van der Waals surface area (Å²) in [5.74, 6) is -1.75. The van der Waals surface area contributed by atoms with Crippen LogP contribution in [0.4, 0.5) is 0 Å². The first-order valence-electron chi connectivity index (χ1n) is 5.01. The van der Waals surface area contributed by atoms with E-state index in [1.807, 2.05) is 0 Å². The largest absolute Gasteiger partial charge is 0.314 e. The Hall–Kier alpha value is -2.32. The van der Waals surface area contributed by atoms with Gasteiger partial charge >= 0.3 is 0 Å². The van der Waals surface area contributed by atoms with Crippen LogP contribution in [-0.2, 0) is 9.59 Å². The van der Waals surface area contributed by atoms with Gasteiger partial charge in [-0.3, -0.25) is 19.7 Å². The van der Waals surface area contributed by atoms with Crippen molar-refractivity contribution in [2.45, 2.75) is 19.4 Å². The zero-order valence-electron chi connectivity index (χ0n) is 9.01. The molecule has 0 spiro atoms. The lowest BCUT2D eigenvalue weighted by Gasteiger charge is -2.32. The van der Waals surface area contributed by atoms with Gasteiger partial charge in [0.05, 0.1) is 0 Å². The van der Waals surface area contributed by atoms with E-state index in [1.54, 1.807) is 6.92 Å². The van der Waals surface area contributed by atoms with Crippen LogP contribution in [0.1, 0.15) is 24.0 Å². The molecule has 1 aromatic heterocycles. The number of nitrogens with zero attached hydrogens (tertiary/aromatic N) is 4. The SMILES string of the molecule is CCC1C(=O)NC(=O)CN1C(=O)c1nn[nH]n1. The molecule has 2 rings (SSSR count). The molecular formula is C8H10N6O3. The molecule has 2 N–H and O–H groups in total.